The lowest BCUT2D eigenvalue weighted by molar-refractivity contribution is -0.151. The van der Waals surface area contributed by atoms with Crippen molar-refractivity contribution >= 4 is 11.9 Å². The molecule has 0 spiro atoms. The Kier molecular flexibility index (Phi) is 4.14. The van der Waals surface area contributed by atoms with E-state index in [-0.39, 0.29) is 24.3 Å². The molecule has 1 fully saturated rings. The average molecular weight is 243 g/mol. The van der Waals surface area contributed by atoms with Gasteiger partial charge in [-0.2, -0.15) is 0 Å². The van der Waals surface area contributed by atoms with E-state index in [2.05, 4.69) is 4.74 Å². The van der Waals surface area contributed by atoms with Crippen LogP contribution in [0.2, 0.25) is 0 Å². The molecular weight excluding hydrogens is 222 g/mol. The Morgan fingerprint density at radius 2 is 2.00 bits per heavy atom. The number of aliphatic hydroxyl groups is 1. The molecule has 2 atom stereocenters. The standard InChI is InChI=1S/C12H21NO4/c1-12(2,3)6-10(15)13-7-8(14)5-9(13)11(16)17-4/h8-9,14H,5-7H2,1-4H3/t8-,9+/m1/s1. The van der Waals surface area contributed by atoms with Crippen molar-refractivity contribution in [3.63, 3.8) is 0 Å². The fraction of sp³-hybridized carbons (Fsp3) is 0.833. The number of likely N-dealkylation sites (tertiary alicyclic amines) is 1. The maximum absolute atomic E-state index is 12.0. The van der Waals surface area contributed by atoms with Crippen molar-refractivity contribution in [1.29, 1.82) is 0 Å². The summed E-state index contributed by atoms with van der Waals surface area (Å²) in [5.41, 5.74) is -0.134. The third kappa shape index (κ3) is 3.70. The molecule has 0 aromatic rings. The molecule has 1 rings (SSSR count). The highest BCUT2D eigenvalue weighted by atomic mass is 16.5. The van der Waals surface area contributed by atoms with Crippen LogP contribution in [0.15, 0.2) is 0 Å². The molecule has 17 heavy (non-hydrogen) atoms. The molecule has 5 heteroatoms. The number of carbonyl (C=O) groups excluding carboxylic acids is 2. The Hall–Kier alpha value is -1.10. The zero-order valence-corrected chi connectivity index (χ0v) is 10.9. The van der Waals surface area contributed by atoms with Crippen molar-refractivity contribution in [3.8, 4) is 0 Å². The number of amides is 1. The molecule has 0 saturated carbocycles. The first-order chi connectivity index (χ1) is 7.74. The minimum atomic E-state index is -0.636. The summed E-state index contributed by atoms with van der Waals surface area (Å²) >= 11 is 0. The Morgan fingerprint density at radius 3 is 2.47 bits per heavy atom. The van der Waals surface area contributed by atoms with Crippen LogP contribution in [0.1, 0.15) is 33.6 Å². The Bertz CT molecular complexity index is 308. The van der Waals surface area contributed by atoms with Gasteiger partial charge in [0.2, 0.25) is 5.91 Å². The molecule has 0 unspecified atom stereocenters. The zero-order valence-electron chi connectivity index (χ0n) is 10.9. The van der Waals surface area contributed by atoms with Gasteiger partial charge in [-0.15, -0.1) is 0 Å². The van der Waals surface area contributed by atoms with Crippen molar-refractivity contribution in [2.75, 3.05) is 13.7 Å². The summed E-state index contributed by atoms with van der Waals surface area (Å²) < 4.78 is 4.65. The topological polar surface area (TPSA) is 66.8 Å². The summed E-state index contributed by atoms with van der Waals surface area (Å²) in [5, 5.41) is 9.56. The van der Waals surface area contributed by atoms with E-state index in [0.29, 0.717) is 6.42 Å². The second-order valence-corrected chi connectivity index (χ2v) is 5.71. The van der Waals surface area contributed by atoms with Gasteiger partial charge in [-0.05, 0) is 5.41 Å². The van der Waals surface area contributed by atoms with Gasteiger partial charge >= 0.3 is 5.97 Å². The lowest BCUT2D eigenvalue weighted by Gasteiger charge is -2.26. The summed E-state index contributed by atoms with van der Waals surface area (Å²) in [6.45, 7) is 6.11. The second-order valence-electron chi connectivity index (χ2n) is 5.71. The van der Waals surface area contributed by atoms with Gasteiger partial charge in [0.05, 0.1) is 13.2 Å². The quantitative estimate of drug-likeness (QED) is 0.719. The molecule has 0 aromatic heterocycles. The number of esters is 1. The first kappa shape index (κ1) is 14.0. The molecule has 1 heterocycles. The maximum atomic E-state index is 12.0. The number of nitrogens with zero attached hydrogens (tertiary/aromatic N) is 1. The van der Waals surface area contributed by atoms with Crippen LogP contribution in [0.3, 0.4) is 0 Å². The van der Waals surface area contributed by atoms with Crippen molar-refractivity contribution in [2.24, 2.45) is 5.41 Å². The van der Waals surface area contributed by atoms with E-state index < -0.39 is 18.1 Å². The van der Waals surface area contributed by atoms with E-state index in [1.807, 2.05) is 20.8 Å². The van der Waals surface area contributed by atoms with Gasteiger partial charge in [0, 0.05) is 19.4 Å². The zero-order chi connectivity index (χ0) is 13.2. The fourth-order valence-electron chi connectivity index (χ4n) is 2.00. The van der Waals surface area contributed by atoms with Crippen molar-refractivity contribution in [2.45, 2.75) is 45.8 Å². The van der Waals surface area contributed by atoms with Gasteiger partial charge in [-0.3, -0.25) is 4.79 Å². The third-order valence-electron chi connectivity index (χ3n) is 2.75. The predicted octanol–water partition coefficient (Wildman–Crippen LogP) is 0.557. The smallest absolute Gasteiger partial charge is 0.328 e. The molecule has 98 valence electrons. The molecule has 1 saturated heterocycles. The van der Waals surface area contributed by atoms with Gasteiger partial charge in [0.15, 0.2) is 0 Å². The van der Waals surface area contributed by atoms with Crippen LogP contribution >= 0.6 is 0 Å². The largest absolute Gasteiger partial charge is 0.467 e. The monoisotopic (exact) mass is 243 g/mol. The lowest BCUT2D eigenvalue weighted by Crippen LogP contribution is -2.42. The molecule has 1 amide bonds. The number of methoxy groups -OCH3 is 1. The first-order valence-corrected chi connectivity index (χ1v) is 5.80. The highest BCUT2D eigenvalue weighted by Crippen LogP contribution is 2.25. The van der Waals surface area contributed by atoms with Gasteiger partial charge < -0.3 is 14.7 Å². The molecule has 0 aliphatic carbocycles. The summed E-state index contributed by atoms with van der Waals surface area (Å²) in [5.74, 6) is -0.562. The lowest BCUT2D eigenvalue weighted by atomic mass is 9.91. The Morgan fingerprint density at radius 1 is 1.41 bits per heavy atom. The van der Waals surface area contributed by atoms with Gasteiger partial charge in [-0.25, -0.2) is 4.79 Å². The van der Waals surface area contributed by atoms with Crippen molar-refractivity contribution < 1.29 is 19.4 Å². The summed E-state index contributed by atoms with van der Waals surface area (Å²) in [7, 11) is 1.29. The molecule has 0 bridgehead atoms. The number of hydrogen-bond acceptors (Lipinski definition) is 4. The molecule has 1 N–H and O–H groups in total. The molecule has 1 aliphatic heterocycles. The number of hydrogen-bond donors (Lipinski definition) is 1. The Labute approximate surface area is 102 Å². The van der Waals surface area contributed by atoms with E-state index in [9.17, 15) is 14.7 Å². The number of rotatable bonds is 2. The minimum absolute atomic E-state index is 0.107. The fourth-order valence-corrected chi connectivity index (χ4v) is 2.00. The Balaban J connectivity index is 2.73. The second kappa shape index (κ2) is 5.04. The summed E-state index contributed by atoms with van der Waals surface area (Å²) in [6, 6.07) is -0.634. The normalized spacial score (nSPS) is 24.9. The summed E-state index contributed by atoms with van der Waals surface area (Å²) in [6.07, 6.45) is -0.0153. The van der Waals surface area contributed by atoms with Crippen LogP contribution < -0.4 is 0 Å². The highest BCUT2D eigenvalue weighted by Gasteiger charge is 2.40. The van der Waals surface area contributed by atoms with Crippen LogP contribution in [0.5, 0.6) is 0 Å². The third-order valence-corrected chi connectivity index (χ3v) is 2.75. The van der Waals surface area contributed by atoms with Crippen LogP contribution in [0.4, 0.5) is 0 Å². The molecular formula is C12H21NO4. The molecule has 0 radical (unpaired) electrons. The van der Waals surface area contributed by atoms with E-state index >= 15 is 0 Å². The minimum Gasteiger partial charge on any atom is -0.467 e. The van der Waals surface area contributed by atoms with E-state index in [1.165, 1.54) is 12.0 Å². The average Bonchev–Trinajstić information content (AvgIpc) is 2.56. The van der Waals surface area contributed by atoms with E-state index in [0.717, 1.165) is 0 Å². The molecule has 0 aromatic carbocycles. The number of carbonyl (C=O) groups is 2. The number of ether oxygens (including phenoxy) is 1. The highest BCUT2D eigenvalue weighted by molar-refractivity contribution is 5.85. The van der Waals surface area contributed by atoms with Gasteiger partial charge in [0.25, 0.3) is 0 Å². The van der Waals surface area contributed by atoms with E-state index in [4.69, 9.17) is 0 Å². The van der Waals surface area contributed by atoms with Crippen molar-refractivity contribution in [1.82, 2.24) is 4.90 Å². The van der Waals surface area contributed by atoms with Crippen molar-refractivity contribution in [3.05, 3.63) is 0 Å². The molecule has 1 aliphatic rings. The molecule has 5 nitrogen and oxygen atoms in total. The van der Waals surface area contributed by atoms with Gasteiger partial charge in [-0.1, -0.05) is 20.8 Å². The van der Waals surface area contributed by atoms with Crippen LogP contribution in [-0.2, 0) is 14.3 Å². The summed E-state index contributed by atoms with van der Waals surface area (Å²) in [4.78, 5) is 25.0. The van der Waals surface area contributed by atoms with Crippen LogP contribution in [0.25, 0.3) is 0 Å². The first-order valence-electron chi connectivity index (χ1n) is 5.80. The number of aliphatic hydroxyl groups excluding tert-OH is 1. The van der Waals surface area contributed by atoms with E-state index in [1.54, 1.807) is 0 Å². The maximum Gasteiger partial charge on any atom is 0.328 e. The van der Waals surface area contributed by atoms with Crippen LogP contribution in [-0.4, -0.2) is 47.7 Å². The SMILES string of the molecule is COC(=O)[C@@H]1C[C@@H](O)CN1C(=O)CC(C)(C)C. The predicted molar refractivity (Wildman–Crippen MR) is 62.2 cm³/mol. The number of β-amino-alcohol motifs (C(OH)–C–C–N with tert-alkyl or cyclic N) is 1. The van der Waals surface area contributed by atoms with Crippen LogP contribution in [0, 0.1) is 5.41 Å². The van der Waals surface area contributed by atoms with Gasteiger partial charge in [0.1, 0.15) is 6.04 Å².